The Morgan fingerprint density at radius 2 is 1.80 bits per heavy atom. The molecule has 3 aliphatic rings. The highest BCUT2D eigenvalue weighted by Gasteiger charge is 2.53. The minimum absolute atomic E-state index is 0.111. The lowest BCUT2D eigenvalue weighted by atomic mass is 9.82. The summed E-state index contributed by atoms with van der Waals surface area (Å²) in [6.45, 7) is 5.19. The maximum atomic E-state index is 13.7. The molecule has 2 saturated heterocycles. The van der Waals surface area contributed by atoms with Crippen LogP contribution in [0.25, 0.3) is 0 Å². The highest BCUT2D eigenvalue weighted by Crippen LogP contribution is 2.40. The van der Waals surface area contributed by atoms with Gasteiger partial charge in [0.2, 0.25) is 15.9 Å². The molecule has 1 saturated carbocycles. The number of carbonyl (C=O) groups is 2. The predicted octanol–water partition coefficient (Wildman–Crippen LogP) is 1.69. The van der Waals surface area contributed by atoms with Crippen molar-refractivity contribution >= 4 is 27.6 Å². The lowest BCUT2D eigenvalue weighted by Gasteiger charge is -2.52. The van der Waals surface area contributed by atoms with Crippen LogP contribution in [0, 0.1) is 5.92 Å². The number of halogens is 3. The number of piperidine rings is 1. The van der Waals surface area contributed by atoms with E-state index in [1.165, 1.54) is 12.8 Å². The van der Waals surface area contributed by atoms with Crippen molar-refractivity contribution in [3.63, 3.8) is 0 Å². The fourth-order valence-corrected chi connectivity index (χ4v) is 6.16. The van der Waals surface area contributed by atoms with Gasteiger partial charge in [-0.2, -0.15) is 18.3 Å². The van der Waals surface area contributed by atoms with E-state index in [1.807, 2.05) is 25.1 Å². The first-order valence-corrected chi connectivity index (χ1v) is 13.2. The Hall–Kier alpha value is -2.19. The molecular weight excluding hydrogens is 491 g/mol. The summed E-state index contributed by atoms with van der Waals surface area (Å²) in [5.74, 6) is -1.77. The second kappa shape index (κ2) is 10.4. The second-order valence-corrected chi connectivity index (χ2v) is 11.4. The first-order valence-electron chi connectivity index (χ1n) is 11.6. The molecule has 0 atom stereocenters. The molecule has 0 unspecified atom stereocenters. The topological polar surface area (TPSA) is 116 Å². The van der Waals surface area contributed by atoms with E-state index < -0.39 is 27.7 Å². The maximum Gasteiger partial charge on any atom is 0.490 e. The molecule has 14 heteroatoms. The molecule has 0 bridgehead atoms. The van der Waals surface area contributed by atoms with E-state index in [0.717, 1.165) is 18.8 Å². The summed E-state index contributed by atoms with van der Waals surface area (Å²) in [5.41, 5.74) is 0.244. The number of aliphatic carboxylic acids is 1. The van der Waals surface area contributed by atoms with Gasteiger partial charge >= 0.3 is 12.1 Å². The van der Waals surface area contributed by atoms with E-state index in [-0.39, 0.29) is 11.7 Å². The van der Waals surface area contributed by atoms with Gasteiger partial charge in [0.1, 0.15) is 5.54 Å². The fourth-order valence-electron chi connectivity index (χ4n) is 4.65. The summed E-state index contributed by atoms with van der Waals surface area (Å²) in [6.07, 6.45) is 2.77. The van der Waals surface area contributed by atoms with Crippen LogP contribution in [0.15, 0.2) is 12.4 Å². The third-order valence-electron chi connectivity index (χ3n) is 6.67. The Balaban J connectivity index is 0.000000429. The lowest BCUT2D eigenvalue weighted by molar-refractivity contribution is -0.192. The van der Waals surface area contributed by atoms with Crippen LogP contribution in [-0.4, -0.2) is 94.6 Å². The zero-order valence-electron chi connectivity index (χ0n) is 19.9. The van der Waals surface area contributed by atoms with Gasteiger partial charge < -0.3 is 10.0 Å². The number of carbonyl (C=O) groups excluding carboxylic acids is 1. The summed E-state index contributed by atoms with van der Waals surface area (Å²) < 4.78 is 60.0. The predicted molar refractivity (Wildman–Crippen MR) is 121 cm³/mol. The van der Waals surface area contributed by atoms with E-state index >= 15 is 0 Å². The number of carboxylic acids is 1. The standard InChI is InChI=1S/C19H31N5O3S.C2HF3O2/c1-3-12-28(26,27)23-8-6-19(7-9-23)18(25)24(17-13-20-21(2)15-17)11-10-22(19)14-16-4-5-16;3-2(4,5)1(6)7/h13,15-16H,3-12,14H2,1-2H3;(H,6,7). The maximum absolute atomic E-state index is 13.7. The van der Waals surface area contributed by atoms with Crippen molar-refractivity contribution in [1.29, 1.82) is 0 Å². The smallest absolute Gasteiger partial charge is 0.475 e. The number of alkyl halides is 3. The van der Waals surface area contributed by atoms with Crippen molar-refractivity contribution in [2.75, 3.05) is 43.4 Å². The van der Waals surface area contributed by atoms with Gasteiger partial charge in [0.25, 0.3) is 0 Å². The van der Waals surface area contributed by atoms with Gasteiger partial charge in [-0.3, -0.25) is 14.4 Å². The molecule has 1 spiro atoms. The minimum Gasteiger partial charge on any atom is -0.475 e. The molecular formula is C21H32F3N5O5S. The van der Waals surface area contributed by atoms with Crippen LogP contribution in [-0.2, 0) is 26.7 Å². The SMILES string of the molecule is CCCS(=O)(=O)N1CCC2(CC1)C(=O)N(c1cnn(C)c1)CCN2CC1CC1.O=C(O)C(F)(F)F. The quantitative estimate of drug-likeness (QED) is 0.603. The number of aryl methyl sites for hydroxylation is 1. The number of nitrogens with zero attached hydrogens (tertiary/aromatic N) is 5. The molecule has 2 aliphatic heterocycles. The van der Waals surface area contributed by atoms with E-state index in [1.54, 1.807) is 15.2 Å². The summed E-state index contributed by atoms with van der Waals surface area (Å²) in [4.78, 5) is 26.8. The van der Waals surface area contributed by atoms with Gasteiger partial charge in [-0.15, -0.1) is 0 Å². The number of amides is 1. The molecule has 0 aromatic carbocycles. The van der Waals surface area contributed by atoms with Crippen LogP contribution in [0.3, 0.4) is 0 Å². The number of sulfonamides is 1. The molecule has 1 amide bonds. The Morgan fingerprint density at radius 1 is 1.20 bits per heavy atom. The Bertz CT molecular complexity index is 1020. The molecule has 0 radical (unpaired) electrons. The Labute approximate surface area is 202 Å². The molecule has 10 nitrogen and oxygen atoms in total. The van der Waals surface area contributed by atoms with Crippen molar-refractivity contribution in [2.24, 2.45) is 13.0 Å². The summed E-state index contributed by atoms with van der Waals surface area (Å²) in [5, 5.41) is 11.3. The Morgan fingerprint density at radius 3 is 2.26 bits per heavy atom. The highest BCUT2D eigenvalue weighted by atomic mass is 32.2. The monoisotopic (exact) mass is 523 g/mol. The third-order valence-corrected chi connectivity index (χ3v) is 8.74. The second-order valence-electron chi connectivity index (χ2n) is 9.27. The molecule has 3 heterocycles. The molecule has 1 aromatic heterocycles. The van der Waals surface area contributed by atoms with Crippen LogP contribution < -0.4 is 4.90 Å². The van der Waals surface area contributed by atoms with Crippen molar-refractivity contribution in [3.8, 4) is 0 Å². The van der Waals surface area contributed by atoms with E-state index in [2.05, 4.69) is 10.00 Å². The van der Waals surface area contributed by atoms with E-state index in [0.29, 0.717) is 44.8 Å². The number of hydrogen-bond acceptors (Lipinski definition) is 6. The molecule has 1 N–H and O–H groups in total. The van der Waals surface area contributed by atoms with Crippen LogP contribution >= 0.6 is 0 Å². The minimum atomic E-state index is -5.08. The first-order chi connectivity index (χ1) is 16.3. The Kier molecular flexibility index (Phi) is 8.16. The number of aromatic nitrogens is 2. The molecule has 198 valence electrons. The summed E-state index contributed by atoms with van der Waals surface area (Å²) >= 11 is 0. The van der Waals surface area contributed by atoms with E-state index in [9.17, 15) is 26.4 Å². The summed E-state index contributed by atoms with van der Waals surface area (Å²) in [7, 11) is -1.37. The number of piperazine rings is 1. The fraction of sp³-hybridized carbons (Fsp3) is 0.762. The lowest BCUT2D eigenvalue weighted by Crippen LogP contribution is -2.69. The number of anilines is 1. The van der Waals surface area contributed by atoms with Crippen molar-refractivity contribution < 1.29 is 36.3 Å². The van der Waals surface area contributed by atoms with Gasteiger partial charge in [0, 0.05) is 46.0 Å². The molecule has 4 rings (SSSR count). The van der Waals surface area contributed by atoms with Crippen LogP contribution in [0.5, 0.6) is 0 Å². The average Bonchev–Trinajstić information content (AvgIpc) is 3.49. The van der Waals surface area contributed by atoms with Crippen LogP contribution in [0.1, 0.15) is 39.0 Å². The normalized spacial score (nSPS) is 21.6. The van der Waals surface area contributed by atoms with Crippen LogP contribution in [0.4, 0.5) is 18.9 Å². The third kappa shape index (κ3) is 6.33. The van der Waals surface area contributed by atoms with Gasteiger partial charge in [-0.05, 0) is 38.0 Å². The zero-order chi connectivity index (χ0) is 26.0. The number of rotatable bonds is 6. The molecule has 35 heavy (non-hydrogen) atoms. The highest BCUT2D eigenvalue weighted by molar-refractivity contribution is 7.89. The van der Waals surface area contributed by atoms with Crippen LogP contribution in [0.2, 0.25) is 0 Å². The molecule has 1 aliphatic carbocycles. The summed E-state index contributed by atoms with van der Waals surface area (Å²) in [6, 6.07) is 0. The van der Waals surface area contributed by atoms with Gasteiger partial charge in [0.05, 0.1) is 17.6 Å². The van der Waals surface area contributed by atoms with Crippen molar-refractivity contribution in [3.05, 3.63) is 12.4 Å². The van der Waals surface area contributed by atoms with Gasteiger partial charge in [-0.1, -0.05) is 6.92 Å². The molecule has 1 aromatic rings. The average molecular weight is 524 g/mol. The van der Waals surface area contributed by atoms with E-state index in [4.69, 9.17) is 9.90 Å². The largest absolute Gasteiger partial charge is 0.490 e. The van der Waals surface area contributed by atoms with Crippen molar-refractivity contribution in [1.82, 2.24) is 19.0 Å². The number of carboxylic acid groups (broad SMARTS) is 1. The molecule has 3 fully saturated rings. The first kappa shape index (κ1) is 27.4. The van der Waals surface area contributed by atoms with Crippen molar-refractivity contribution in [2.45, 2.75) is 50.7 Å². The zero-order valence-corrected chi connectivity index (χ0v) is 20.7. The van der Waals surface area contributed by atoms with Gasteiger partial charge in [-0.25, -0.2) is 17.5 Å². The number of hydrogen-bond donors (Lipinski definition) is 1. The van der Waals surface area contributed by atoms with Gasteiger partial charge in [0.15, 0.2) is 0 Å².